The van der Waals surface area contributed by atoms with Crippen LogP contribution in [0.3, 0.4) is 0 Å². The van der Waals surface area contributed by atoms with E-state index in [1.807, 2.05) is 25.3 Å². The van der Waals surface area contributed by atoms with Crippen LogP contribution in [0.4, 0.5) is 9.18 Å². The Hall–Kier alpha value is -2.15. The summed E-state index contributed by atoms with van der Waals surface area (Å²) in [6.45, 7) is 6.82. The summed E-state index contributed by atoms with van der Waals surface area (Å²) in [4.78, 5) is 23.0. The average molecular weight is 407 g/mol. The van der Waals surface area contributed by atoms with Crippen LogP contribution in [0, 0.1) is 5.82 Å². The predicted molar refractivity (Wildman–Crippen MR) is 104 cm³/mol. The number of aryl methyl sites for hydroxylation is 2. The molecule has 0 bridgehead atoms. The molecule has 1 saturated heterocycles. The van der Waals surface area contributed by atoms with E-state index in [1.165, 1.54) is 12.3 Å². The molecule has 8 heteroatoms. The van der Waals surface area contributed by atoms with E-state index in [-0.39, 0.29) is 17.8 Å². The highest BCUT2D eigenvalue weighted by molar-refractivity contribution is 6.30. The molecule has 2 aliphatic rings. The van der Waals surface area contributed by atoms with Crippen LogP contribution in [0.1, 0.15) is 56.6 Å². The monoisotopic (exact) mass is 406 g/mol. The zero-order valence-electron chi connectivity index (χ0n) is 16.3. The number of carbonyl (C=O) groups excluding carboxylic acids is 1. The largest absolute Gasteiger partial charge is 0.444 e. The Morgan fingerprint density at radius 1 is 1.29 bits per heavy atom. The number of likely N-dealkylation sites (tertiary alicyclic amines) is 1. The molecule has 0 spiro atoms. The molecule has 1 fully saturated rings. The number of hydrogen-bond donors (Lipinski definition) is 0. The lowest BCUT2D eigenvalue weighted by Gasteiger charge is -2.33. The topological polar surface area (TPSA) is 60.2 Å². The van der Waals surface area contributed by atoms with E-state index in [9.17, 15) is 9.18 Å². The van der Waals surface area contributed by atoms with Gasteiger partial charge < -0.3 is 9.64 Å². The summed E-state index contributed by atoms with van der Waals surface area (Å²) >= 11 is 6.69. The fourth-order valence-electron chi connectivity index (χ4n) is 3.87. The molecule has 0 unspecified atom stereocenters. The van der Waals surface area contributed by atoms with Gasteiger partial charge in [-0.3, -0.25) is 4.57 Å². The van der Waals surface area contributed by atoms with Gasteiger partial charge in [0.2, 0.25) is 0 Å². The summed E-state index contributed by atoms with van der Waals surface area (Å²) in [5, 5.41) is 0.547. The van der Waals surface area contributed by atoms with Crippen LogP contribution in [-0.2, 0) is 17.6 Å². The molecule has 2 aliphatic heterocycles. The normalized spacial score (nSPS) is 17.2. The van der Waals surface area contributed by atoms with Gasteiger partial charge in [0.1, 0.15) is 28.2 Å². The summed E-state index contributed by atoms with van der Waals surface area (Å²) in [5.41, 5.74) is 1.19. The maximum atomic E-state index is 13.5. The first-order chi connectivity index (χ1) is 13.2. The van der Waals surface area contributed by atoms with Gasteiger partial charge in [-0.2, -0.15) is 0 Å². The third-order valence-corrected chi connectivity index (χ3v) is 5.55. The Balaban J connectivity index is 1.52. The standard InChI is InChI=1S/C20H24ClFN4O2/c1-20(2,3)28-19(27)25-8-6-12(7-9-25)16-17(21)26-15(24-16)5-4-13-10-14(22)11-23-18(13)26/h10-12H,4-9H2,1-3H3. The molecule has 2 aromatic rings. The second-order valence-electron chi connectivity index (χ2n) is 8.42. The van der Waals surface area contributed by atoms with Crippen molar-refractivity contribution in [3.8, 4) is 5.82 Å². The van der Waals surface area contributed by atoms with Gasteiger partial charge in [0.25, 0.3) is 0 Å². The molecule has 0 N–H and O–H groups in total. The maximum Gasteiger partial charge on any atom is 0.410 e. The van der Waals surface area contributed by atoms with Crippen molar-refractivity contribution in [2.24, 2.45) is 0 Å². The van der Waals surface area contributed by atoms with Crippen molar-refractivity contribution < 1.29 is 13.9 Å². The average Bonchev–Trinajstić information content (AvgIpc) is 2.97. The zero-order chi connectivity index (χ0) is 20.1. The van der Waals surface area contributed by atoms with E-state index >= 15 is 0 Å². The molecule has 0 radical (unpaired) electrons. The Bertz CT molecular complexity index is 914. The van der Waals surface area contributed by atoms with Crippen LogP contribution in [-0.4, -0.2) is 44.2 Å². The Kier molecular flexibility index (Phi) is 4.81. The van der Waals surface area contributed by atoms with Crippen molar-refractivity contribution >= 4 is 17.7 Å². The van der Waals surface area contributed by atoms with Gasteiger partial charge in [-0.25, -0.2) is 19.2 Å². The Morgan fingerprint density at radius 2 is 2.00 bits per heavy atom. The molecule has 0 aromatic carbocycles. The number of piperidine rings is 1. The van der Waals surface area contributed by atoms with Crippen LogP contribution >= 0.6 is 11.6 Å². The second kappa shape index (κ2) is 7.03. The molecule has 28 heavy (non-hydrogen) atoms. The smallest absolute Gasteiger partial charge is 0.410 e. The fraction of sp³-hybridized carbons (Fsp3) is 0.550. The lowest BCUT2D eigenvalue weighted by Crippen LogP contribution is -2.41. The van der Waals surface area contributed by atoms with E-state index in [0.29, 0.717) is 36.9 Å². The Morgan fingerprint density at radius 3 is 2.68 bits per heavy atom. The Labute approximate surface area is 168 Å². The van der Waals surface area contributed by atoms with Crippen molar-refractivity contribution in [1.29, 1.82) is 0 Å². The summed E-state index contributed by atoms with van der Waals surface area (Å²) in [5.74, 6) is 1.36. The van der Waals surface area contributed by atoms with Gasteiger partial charge in [-0.05, 0) is 51.7 Å². The SMILES string of the molecule is CC(C)(C)OC(=O)N1CCC(c2nc3n(c2Cl)-c2ncc(F)cc2CC3)CC1. The minimum Gasteiger partial charge on any atom is -0.444 e. The second-order valence-corrected chi connectivity index (χ2v) is 8.78. The molecule has 0 aliphatic carbocycles. The molecule has 0 atom stereocenters. The van der Waals surface area contributed by atoms with Gasteiger partial charge in [0.05, 0.1) is 11.9 Å². The first kappa shape index (κ1) is 19.2. The van der Waals surface area contributed by atoms with E-state index in [4.69, 9.17) is 21.3 Å². The summed E-state index contributed by atoms with van der Waals surface area (Å²) in [7, 11) is 0. The van der Waals surface area contributed by atoms with E-state index in [0.717, 1.165) is 29.9 Å². The van der Waals surface area contributed by atoms with Crippen molar-refractivity contribution in [2.45, 2.75) is 58.0 Å². The lowest BCUT2D eigenvalue weighted by atomic mass is 9.94. The van der Waals surface area contributed by atoms with Gasteiger partial charge in [-0.1, -0.05) is 11.6 Å². The number of halogens is 2. The zero-order valence-corrected chi connectivity index (χ0v) is 17.1. The minimum absolute atomic E-state index is 0.174. The van der Waals surface area contributed by atoms with E-state index < -0.39 is 5.60 Å². The maximum absolute atomic E-state index is 13.5. The highest BCUT2D eigenvalue weighted by atomic mass is 35.5. The number of pyridine rings is 1. The summed E-state index contributed by atoms with van der Waals surface area (Å²) in [6.07, 6.45) is 3.89. The van der Waals surface area contributed by atoms with Gasteiger partial charge >= 0.3 is 6.09 Å². The van der Waals surface area contributed by atoms with Crippen LogP contribution in [0.2, 0.25) is 5.15 Å². The summed E-state index contributed by atoms with van der Waals surface area (Å²) in [6, 6.07) is 1.51. The minimum atomic E-state index is -0.500. The number of nitrogens with zero attached hydrogens (tertiary/aromatic N) is 4. The number of rotatable bonds is 1. The molecule has 4 heterocycles. The van der Waals surface area contributed by atoms with Crippen LogP contribution in [0.15, 0.2) is 12.3 Å². The molecule has 150 valence electrons. The number of ether oxygens (including phenoxy) is 1. The lowest BCUT2D eigenvalue weighted by molar-refractivity contribution is 0.0204. The summed E-state index contributed by atoms with van der Waals surface area (Å²) < 4.78 is 20.8. The molecular weight excluding hydrogens is 383 g/mol. The third-order valence-electron chi connectivity index (χ3n) is 5.19. The van der Waals surface area contributed by atoms with Gasteiger partial charge in [-0.15, -0.1) is 0 Å². The highest BCUT2D eigenvalue weighted by Crippen LogP contribution is 2.37. The van der Waals surface area contributed by atoms with Gasteiger partial charge in [0, 0.05) is 25.4 Å². The first-order valence-corrected chi connectivity index (χ1v) is 10.0. The number of imidazole rings is 1. The van der Waals surface area contributed by atoms with E-state index in [2.05, 4.69) is 4.98 Å². The molecular formula is C20H24ClFN4O2. The van der Waals surface area contributed by atoms with E-state index in [1.54, 1.807) is 4.90 Å². The van der Waals surface area contributed by atoms with Crippen molar-refractivity contribution in [1.82, 2.24) is 19.4 Å². The third kappa shape index (κ3) is 3.60. The number of amides is 1. The van der Waals surface area contributed by atoms with Crippen LogP contribution in [0.25, 0.3) is 5.82 Å². The molecule has 1 amide bonds. The number of carbonyl (C=O) groups is 1. The van der Waals surface area contributed by atoms with Crippen LogP contribution in [0.5, 0.6) is 0 Å². The quantitative estimate of drug-likeness (QED) is 0.709. The van der Waals surface area contributed by atoms with Gasteiger partial charge in [0.15, 0.2) is 0 Å². The number of hydrogen-bond acceptors (Lipinski definition) is 4. The fourth-order valence-corrected chi connectivity index (χ4v) is 4.25. The van der Waals surface area contributed by atoms with Crippen LogP contribution < -0.4 is 0 Å². The van der Waals surface area contributed by atoms with Crippen molar-refractivity contribution in [2.75, 3.05) is 13.1 Å². The predicted octanol–water partition coefficient (Wildman–Crippen LogP) is 4.27. The molecule has 0 saturated carbocycles. The van der Waals surface area contributed by atoms with Crippen molar-refractivity contribution in [3.63, 3.8) is 0 Å². The first-order valence-electron chi connectivity index (χ1n) is 9.62. The number of fused-ring (bicyclic) bond motifs is 3. The van der Waals surface area contributed by atoms with Crippen molar-refractivity contribution in [3.05, 3.63) is 40.3 Å². The number of aromatic nitrogens is 3. The molecule has 6 nitrogen and oxygen atoms in total. The highest BCUT2D eigenvalue weighted by Gasteiger charge is 2.32. The molecule has 4 rings (SSSR count). The molecule has 2 aromatic heterocycles.